The topological polar surface area (TPSA) is 119 Å². The van der Waals surface area contributed by atoms with Gasteiger partial charge in [0.2, 0.25) is 5.95 Å². The van der Waals surface area contributed by atoms with Crippen LogP contribution in [0.25, 0.3) is 11.3 Å². The summed E-state index contributed by atoms with van der Waals surface area (Å²) in [6, 6.07) is 19.1. The molecule has 1 saturated heterocycles. The minimum Gasteiger partial charge on any atom is -0.432 e. The predicted octanol–water partition coefficient (Wildman–Crippen LogP) is 6.54. The third kappa shape index (κ3) is 8.14. The first-order valence-electron chi connectivity index (χ1n) is 14.4. The van der Waals surface area contributed by atoms with Gasteiger partial charge in [-0.15, -0.1) is 0 Å². The normalized spacial score (nSPS) is 15.1. The predicted molar refractivity (Wildman–Crippen MR) is 165 cm³/mol. The first kappa shape index (κ1) is 29.7. The number of nitrogens with one attached hydrogen (secondary N) is 2. The molecule has 0 spiro atoms. The average Bonchev–Trinajstić information content (AvgIpc) is 3.02. The Hall–Kier alpha value is -4.83. The highest BCUT2D eigenvalue weighted by molar-refractivity contribution is 6.05. The van der Waals surface area contributed by atoms with Crippen LogP contribution in [0.1, 0.15) is 54.1 Å². The molecule has 1 fully saturated rings. The second-order valence-corrected chi connectivity index (χ2v) is 10.8. The van der Waals surface area contributed by atoms with Crippen molar-refractivity contribution in [1.82, 2.24) is 19.9 Å². The maximum atomic E-state index is 13.2. The number of aryl methyl sites for hydroxylation is 1. The molecule has 1 unspecified atom stereocenters. The second-order valence-electron chi connectivity index (χ2n) is 10.8. The number of pyridine rings is 1. The highest BCUT2D eigenvalue weighted by atomic mass is 16.7. The lowest BCUT2D eigenvalue weighted by molar-refractivity contribution is -0.00729. The number of aromatic nitrogens is 3. The molecule has 2 N–H and O–H groups in total. The molecule has 1 aliphatic rings. The van der Waals surface area contributed by atoms with E-state index in [-0.39, 0.29) is 18.7 Å². The van der Waals surface area contributed by atoms with Crippen LogP contribution in [0.4, 0.5) is 22.1 Å². The fourth-order valence-electron chi connectivity index (χ4n) is 4.97. The first-order chi connectivity index (χ1) is 20.8. The van der Waals surface area contributed by atoms with Gasteiger partial charge in [0.15, 0.2) is 0 Å². The Balaban J connectivity index is 1.19. The smallest absolute Gasteiger partial charge is 0.432 e. The lowest BCUT2D eigenvalue weighted by Gasteiger charge is -2.32. The van der Waals surface area contributed by atoms with E-state index in [0.29, 0.717) is 23.1 Å². The molecule has 0 aliphatic carbocycles. The quantitative estimate of drug-likeness (QED) is 0.213. The maximum absolute atomic E-state index is 13.2. The minimum absolute atomic E-state index is 0.207. The van der Waals surface area contributed by atoms with Gasteiger partial charge >= 0.3 is 6.16 Å². The molecule has 3 heterocycles. The van der Waals surface area contributed by atoms with Crippen molar-refractivity contribution < 1.29 is 19.1 Å². The van der Waals surface area contributed by atoms with Crippen LogP contribution in [-0.4, -0.2) is 57.8 Å². The highest BCUT2D eigenvalue weighted by Gasteiger charge is 2.23. The fourth-order valence-corrected chi connectivity index (χ4v) is 4.97. The van der Waals surface area contributed by atoms with E-state index in [2.05, 4.69) is 30.5 Å². The number of ether oxygens (including phenoxy) is 2. The Kier molecular flexibility index (Phi) is 9.58. The number of likely N-dealkylation sites (tertiary alicyclic amines) is 1. The van der Waals surface area contributed by atoms with E-state index in [0.717, 1.165) is 48.4 Å². The zero-order valence-corrected chi connectivity index (χ0v) is 24.6. The zero-order chi connectivity index (χ0) is 30.2. The Morgan fingerprint density at radius 2 is 1.91 bits per heavy atom. The van der Waals surface area contributed by atoms with E-state index < -0.39 is 6.16 Å². The van der Waals surface area contributed by atoms with Gasteiger partial charge in [0.05, 0.1) is 11.8 Å². The summed E-state index contributed by atoms with van der Waals surface area (Å²) in [5, 5.41) is 6.25. The second kappa shape index (κ2) is 13.9. The monoisotopic (exact) mass is 580 g/mol. The van der Waals surface area contributed by atoms with Crippen LogP contribution >= 0.6 is 0 Å². The third-order valence-corrected chi connectivity index (χ3v) is 7.20. The molecule has 222 valence electrons. The number of amides is 1. The Morgan fingerprint density at radius 3 is 2.67 bits per heavy atom. The molecule has 1 amide bonds. The molecule has 10 heteroatoms. The molecule has 43 heavy (non-hydrogen) atoms. The lowest BCUT2D eigenvalue weighted by Crippen LogP contribution is -2.37. The molecule has 0 bridgehead atoms. The van der Waals surface area contributed by atoms with E-state index in [1.807, 2.05) is 55.5 Å². The number of carbonyl (C=O) groups is 2. The minimum atomic E-state index is -0.642. The number of carbonyl (C=O) groups excluding carboxylic acids is 2. The summed E-state index contributed by atoms with van der Waals surface area (Å²) in [6.07, 6.45) is 6.37. The van der Waals surface area contributed by atoms with Crippen LogP contribution in [0.3, 0.4) is 0 Å². The van der Waals surface area contributed by atoms with Crippen molar-refractivity contribution in [3.8, 4) is 11.3 Å². The first-order valence-corrected chi connectivity index (χ1v) is 14.4. The summed E-state index contributed by atoms with van der Waals surface area (Å²) in [5.41, 5.74) is 5.75. The number of benzene rings is 2. The number of hydrogen-bond donors (Lipinski definition) is 2. The van der Waals surface area contributed by atoms with Crippen LogP contribution in [-0.2, 0) is 9.47 Å². The summed E-state index contributed by atoms with van der Waals surface area (Å²) >= 11 is 0. The molecular weight excluding hydrogens is 544 g/mol. The van der Waals surface area contributed by atoms with Gasteiger partial charge in [-0.1, -0.05) is 18.2 Å². The maximum Gasteiger partial charge on any atom is 0.509 e. The van der Waals surface area contributed by atoms with Crippen LogP contribution < -0.4 is 10.6 Å². The molecule has 1 atom stereocenters. The molecule has 0 radical (unpaired) electrons. The van der Waals surface area contributed by atoms with Crippen molar-refractivity contribution in [3.05, 3.63) is 95.9 Å². The van der Waals surface area contributed by atoms with E-state index in [9.17, 15) is 9.59 Å². The van der Waals surface area contributed by atoms with E-state index >= 15 is 0 Å². The third-order valence-electron chi connectivity index (χ3n) is 7.20. The molecule has 1 aliphatic heterocycles. The number of nitrogens with zero attached hydrogens (tertiary/aromatic N) is 4. The van der Waals surface area contributed by atoms with E-state index in [1.54, 1.807) is 44.6 Å². The molecule has 2 aromatic carbocycles. The van der Waals surface area contributed by atoms with E-state index in [4.69, 9.17) is 9.47 Å². The summed E-state index contributed by atoms with van der Waals surface area (Å²) in [4.78, 5) is 40.1. The van der Waals surface area contributed by atoms with Crippen molar-refractivity contribution >= 4 is 29.4 Å². The molecule has 4 aromatic rings. The van der Waals surface area contributed by atoms with Gasteiger partial charge in [0.1, 0.15) is 6.73 Å². The van der Waals surface area contributed by atoms with Crippen molar-refractivity contribution in [2.45, 2.75) is 45.6 Å². The largest absolute Gasteiger partial charge is 0.509 e. The van der Waals surface area contributed by atoms with Gasteiger partial charge in [0, 0.05) is 54.2 Å². The number of piperidine rings is 1. The van der Waals surface area contributed by atoms with Gasteiger partial charge in [-0.2, -0.15) is 0 Å². The molecule has 2 aromatic heterocycles. The zero-order valence-electron chi connectivity index (χ0n) is 24.6. The summed E-state index contributed by atoms with van der Waals surface area (Å²) in [6.45, 7) is 7.42. The molecular formula is C33H36N6O4. The number of rotatable bonds is 9. The Labute approximate surface area is 251 Å². The Bertz CT molecular complexity index is 1550. The van der Waals surface area contributed by atoms with Gasteiger partial charge < -0.3 is 20.1 Å². The van der Waals surface area contributed by atoms with Crippen LogP contribution in [0.15, 0.2) is 79.3 Å². The van der Waals surface area contributed by atoms with Crippen molar-refractivity contribution in [2.75, 3.05) is 30.5 Å². The van der Waals surface area contributed by atoms with Crippen LogP contribution in [0.5, 0.6) is 0 Å². The van der Waals surface area contributed by atoms with Crippen LogP contribution in [0, 0.1) is 6.92 Å². The van der Waals surface area contributed by atoms with Gasteiger partial charge in [0.25, 0.3) is 5.91 Å². The van der Waals surface area contributed by atoms with Crippen LogP contribution in [0.2, 0.25) is 0 Å². The van der Waals surface area contributed by atoms with Gasteiger partial charge in [-0.05, 0) is 93.1 Å². The summed E-state index contributed by atoms with van der Waals surface area (Å²) in [7, 11) is 0. The van der Waals surface area contributed by atoms with E-state index in [1.165, 1.54) is 5.56 Å². The van der Waals surface area contributed by atoms with Crippen molar-refractivity contribution in [3.63, 3.8) is 0 Å². The summed E-state index contributed by atoms with van der Waals surface area (Å²) in [5.74, 6) is 0.531. The molecule has 5 rings (SSSR count). The molecule has 10 nitrogen and oxygen atoms in total. The number of hydrogen-bond acceptors (Lipinski definition) is 9. The molecule has 0 saturated carbocycles. The van der Waals surface area contributed by atoms with Gasteiger partial charge in [-0.25, -0.2) is 14.8 Å². The fraction of sp³-hybridized carbons (Fsp3) is 0.303. The highest BCUT2D eigenvalue weighted by Crippen LogP contribution is 2.28. The average molecular weight is 581 g/mol. The van der Waals surface area contributed by atoms with Gasteiger partial charge in [-0.3, -0.25) is 14.7 Å². The standard InChI is InChI=1S/C33H36N6O4/c1-22(2)43-33(41)42-21-39-17-5-7-27(20-39)24-10-12-28(13-11-24)36-31(40)25-9-8-23(3)30(18-25)38-32-35-16-14-29(37-32)26-6-4-15-34-19-26/h4,6,8-16,18-19,22,27H,5,7,17,20-21H2,1-3H3,(H,36,40)(H,35,37,38). The van der Waals surface area contributed by atoms with Crippen molar-refractivity contribution in [1.29, 1.82) is 0 Å². The Morgan fingerprint density at radius 1 is 1.07 bits per heavy atom. The summed E-state index contributed by atoms with van der Waals surface area (Å²) < 4.78 is 10.3. The number of anilines is 3. The van der Waals surface area contributed by atoms with Crippen molar-refractivity contribution in [2.24, 2.45) is 0 Å². The SMILES string of the molecule is Cc1ccc(C(=O)Nc2ccc(C3CCCN(COC(=O)OC(C)C)C3)cc2)cc1Nc1nccc(-c2cccnc2)n1. The lowest BCUT2D eigenvalue weighted by atomic mass is 9.91.